The van der Waals surface area contributed by atoms with Crippen molar-refractivity contribution in [3.63, 3.8) is 0 Å². The van der Waals surface area contributed by atoms with E-state index in [1.165, 1.54) is 6.92 Å². The molecule has 1 atom stereocenters. The van der Waals surface area contributed by atoms with E-state index in [1.807, 2.05) is 42.5 Å². The molecule has 27 heavy (non-hydrogen) atoms. The Morgan fingerprint density at radius 1 is 1.07 bits per heavy atom. The van der Waals surface area contributed by atoms with E-state index in [0.717, 1.165) is 36.1 Å². The van der Waals surface area contributed by atoms with Gasteiger partial charge in [-0.15, -0.1) is 0 Å². The molecule has 1 aliphatic carbocycles. The molecule has 5 nitrogen and oxygen atoms in total. The summed E-state index contributed by atoms with van der Waals surface area (Å²) in [5.41, 5.74) is 1.74. The number of ether oxygens (including phenoxy) is 1. The smallest absolute Gasteiger partial charge is 0.223 e. The van der Waals surface area contributed by atoms with E-state index in [4.69, 9.17) is 4.74 Å². The van der Waals surface area contributed by atoms with Gasteiger partial charge in [0.1, 0.15) is 5.75 Å². The van der Waals surface area contributed by atoms with Crippen LogP contribution < -0.4 is 15.4 Å². The van der Waals surface area contributed by atoms with Crippen molar-refractivity contribution in [2.75, 3.05) is 7.11 Å². The zero-order valence-corrected chi connectivity index (χ0v) is 15.8. The summed E-state index contributed by atoms with van der Waals surface area (Å²) in [6, 6.07) is 17.2. The fourth-order valence-electron chi connectivity index (χ4n) is 3.61. The van der Waals surface area contributed by atoms with Crippen LogP contribution in [-0.2, 0) is 15.1 Å². The largest absolute Gasteiger partial charge is 0.497 e. The monoisotopic (exact) mass is 366 g/mol. The van der Waals surface area contributed by atoms with Gasteiger partial charge in [-0.2, -0.15) is 0 Å². The SMILES string of the molecule is COc1ccc(C(CC(=O)NC2(c3ccccc3)CCC2)NC(C)=O)cc1. The molecule has 0 radical (unpaired) electrons. The average molecular weight is 366 g/mol. The van der Waals surface area contributed by atoms with E-state index >= 15 is 0 Å². The summed E-state index contributed by atoms with van der Waals surface area (Å²) in [6.45, 7) is 1.46. The Bertz CT molecular complexity index is 783. The lowest BCUT2D eigenvalue weighted by Crippen LogP contribution is -2.51. The molecule has 1 fully saturated rings. The minimum absolute atomic E-state index is 0.0619. The number of rotatable bonds is 7. The van der Waals surface area contributed by atoms with Crippen LogP contribution in [0.4, 0.5) is 0 Å². The Morgan fingerprint density at radius 2 is 1.74 bits per heavy atom. The van der Waals surface area contributed by atoms with Gasteiger partial charge in [0.05, 0.1) is 25.1 Å². The number of amides is 2. The highest BCUT2D eigenvalue weighted by atomic mass is 16.5. The van der Waals surface area contributed by atoms with Crippen LogP contribution >= 0.6 is 0 Å². The van der Waals surface area contributed by atoms with Crippen LogP contribution in [0.3, 0.4) is 0 Å². The van der Waals surface area contributed by atoms with Gasteiger partial charge in [0.15, 0.2) is 0 Å². The van der Waals surface area contributed by atoms with Crippen molar-refractivity contribution in [1.82, 2.24) is 10.6 Å². The molecular weight excluding hydrogens is 340 g/mol. The lowest BCUT2D eigenvalue weighted by Gasteiger charge is -2.43. The molecular formula is C22H26N2O3. The predicted octanol–water partition coefficient (Wildman–Crippen LogP) is 3.46. The van der Waals surface area contributed by atoms with Gasteiger partial charge in [-0.3, -0.25) is 9.59 Å². The summed E-state index contributed by atoms with van der Waals surface area (Å²) in [7, 11) is 1.61. The summed E-state index contributed by atoms with van der Waals surface area (Å²) in [4.78, 5) is 24.5. The number of methoxy groups -OCH3 is 1. The van der Waals surface area contributed by atoms with E-state index in [2.05, 4.69) is 22.8 Å². The third-order valence-electron chi connectivity index (χ3n) is 5.20. The maximum absolute atomic E-state index is 12.8. The zero-order chi connectivity index (χ0) is 19.3. The van der Waals surface area contributed by atoms with E-state index in [9.17, 15) is 9.59 Å². The third-order valence-corrected chi connectivity index (χ3v) is 5.20. The summed E-state index contributed by atoms with van der Waals surface area (Å²) >= 11 is 0. The van der Waals surface area contributed by atoms with Crippen molar-refractivity contribution in [2.24, 2.45) is 0 Å². The zero-order valence-electron chi connectivity index (χ0n) is 15.8. The normalized spacial score (nSPS) is 15.9. The topological polar surface area (TPSA) is 67.4 Å². The summed E-state index contributed by atoms with van der Waals surface area (Å²) < 4.78 is 5.18. The average Bonchev–Trinajstić information content (AvgIpc) is 2.64. The molecule has 0 aromatic heterocycles. The Morgan fingerprint density at radius 3 is 2.26 bits per heavy atom. The molecule has 2 N–H and O–H groups in total. The van der Waals surface area contributed by atoms with E-state index in [-0.39, 0.29) is 29.8 Å². The highest BCUT2D eigenvalue weighted by Gasteiger charge is 2.40. The first kappa shape index (κ1) is 19.0. The molecule has 0 spiro atoms. The molecule has 5 heteroatoms. The second-order valence-corrected chi connectivity index (χ2v) is 7.08. The first-order chi connectivity index (χ1) is 13.0. The van der Waals surface area contributed by atoms with Crippen molar-refractivity contribution in [3.05, 3.63) is 65.7 Å². The number of benzene rings is 2. The van der Waals surface area contributed by atoms with Crippen LogP contribution in [0.2, 0.25) is 0 Å². The lowest BCUT2D eigenvalue weighted by molar-refractivity contribution is -0.125. The van der Waals surface area contributed by atoms with Crippen molar-refractivity contribution in [1.29, 1.82) is 0 Å². The molecule has 0 saturated heterocycles. The van der Waals surface area contributed by atoms with Gasteiger partial charge in [0.25, 0.3) is 0 Å². The Hall–Kier alpha value is -2.82. The number of carbonyl (C=O) groups excluding carboxylic acids is 2. The second-order valence-electron chi connectivity index (χ2n) is 7.08. The van der Waals surface area contributed by atoms with E-state index < -0.39 is 0 Å². The first-order valence-electron chi connectivity index (χ1n) is 9.30. The van der Waals surface area contributed by atoms with Gasteiger partial charge >= 0.3 is 0 Å². The molecule has 2 aromatic carbocycles. The molecule has 2 aromatic rings. The van der Waals surface area contributed by atoms with Crippen LogP contribution in [0.1, 0.15) is 49.8 Å². The highest BCUT2D eigenvalue weighted by molar-refractivity contribution is 5.80. The Kier molecular flexibility index (Phi) is 5.79. The van der Waals surface area contributed by atoms with E-state index in [1.54, 1.807) is 7.11 Å². The van der Waals surface area contributed by atoms with Crippen LogP contribution in [0.15, 0.2) is 54.6 Å². The molecule has 0 aliphatic heterocycles. The van der Waals surface area contributed by atoms with Gasteiger partial charge in [-0.05, 0) is 42.5 Å². The van der Waals surface area contributed by atoms with Crippen molar-refractivity contribution in [3.8, 4) is 5.75 Å². The minimum atomic E-state index is -0.374. The lowest BCUT2D eigenvalue weighted by atomic mass is 9.71. The molecule has 0 bridgehead atoms. The standard InChI is InChI=1S/C22H26N2O3/c1-16(25)23-20(17-9-11-19(27-2)12-10-17)15-21(26)24-22(13-6-14-22)18-7-4-3-5-8-18/h3-5,7-12,20H,6,13-15H2,1-2H3,(H,23,25)(H,24,26). The Balaban J connectivity index is 1.73. The molecule has 1 aliphatic rings. The van der Waals surface area contributed by atoms with Crippen molar-refractivity contribution >= 4 is 11.8 Å². The van der Waals surface area contributed by atoms with Gasteiger partial charge in [0, 0.05) is 6.92 Å². The highest BCUT2D eigenvalue weighted by Crippen LogP contribution is 2.41. The molecule has 2 amide bonds. The van der Waals surface area contributed by atoms with E-state index in [0.29, 0.717) is 0 Å². The summed E-state index contributed by atoms with van der Waals surface area (Å²) in [5.74, 6) is 0.514. The van der Waals surface area contributed by atoms with Crippen LogP contribution in [0.5, 0.6) is 5.75 Å². The molecule has 142 valence electrons. The van der Waals surface area contributed by atoms with Crippen LogP contribution in [0.25, 0.3) is 0 Å². The van der Waals surface area contributed by atoms with Gasteiger partial charge in [-0.25, -0.2) is 0 Å². The number of hydrogen-bond donors (Lipinski definition) is 2. The Labute approximate surface area is 160 Å². The third kappa shape index (κ3) is 4.48. The fourth-order valence-corrected chi connectivity index (χ4v) is 3.61. The van der Waals surface area contributed by atoms with Crippen molar-refractivity contribution in [2.45, 2.75) is 44.2 Å². The maximum Gasteiger partial charge on any atom is 0.223 e. The van der Waals surface area contributed by atoms with Gasteiger partial charge in [0.2, 0.25) is 11.8 Å². The minimum Gasteiger partial charge on any atom is -0.497 e. The molecule has 1 unspecified atom stereocenters. The first-order valence-corrected chi connectivity index (χ1v) is 9.30. The molecule has 0 heterocycles. The molecule has 1 saturated carbocycles. The van der Waals surface area contributed by atoms with Crippen LogP contribution in [-0.4, -0.2) is 18.9 Å². The predicted molar refractivity (Wildman–Crippen MR) is 104 cm³/mol. The number of hydrogen-bond acceptors (Lipinski definition) is 3. The number of carbonyl (C=O) groups is 2. The summed E-state index contributed by atoms with van der Waals surface area (Å²) in [6.07, 6.45) is 3.18. The van der Waals surface area contributed by atoms with Gasteiger partial charge in [-0.1, -0.05) is 42.5 Å². The molecule has 3 rings (SSSR count). The van der Waals surface area contributed by atoms with Gasteiger partial charge < -0.3 is 15.4 Å². The quantitative estimate of drug-likeness (QED) is 0.789. The number of nitrogens with one attached hydrogen (secondary N) is 2. The maximum atomic E-state index is 12.8. The second kappa shape index (κ2) is 8.25. The summed E-state index contributed by atoms with van der Waals surface area (Å²) in [5, 5.41) is 6.11. The van der Waals surface area contributed by atoms with Crippen molar-refractivity contribution < 1.29 is 14.3 Å². The fraction of sp³-hybridized carbons (Fsp3) is 0.364. The van der Waals surface area contributed by atoms with Crippen LogP contribution in [0, 0.1) is 0 Å².